The maximum Gasteiger partial charge on any atom is 0.120 e. The van der Waals surface area contributed by atoms with Gasteiger partial charge in [0, 0.05) is 19.6 Å². The summed E-state index contributed by atoms with van der Waals surface area (Å²) in [6.07, 6.45) is 0. The summed E-state index contributed by atoms with van der Waals surface area (Å²) in [5.41, 5.74) is 2.86. The zero-order valence-electron chi connectivity index (χ0n) is 14.5. The minimum Gasteiger partial charge on any atom is -0.489 e. The van der Waals surface area contributed by atoms with Gasteiger partial charge in [-0.1, -0.05) is 31.2 Å². The van der Waals surface area contributed by atoms with Crippen molar-refractivity contribution >= 4 is 0 Å². The minimum absolute atomic E-state index is 0.466. The van der Waals surface area contributed by atoms with E-state index in [1.165, 1.54) is 5.56 Å². The van der Waals surface area contributed by atoms with Crippen LogP contribution in [0.3, 0.4) is 0 Å². The summed E-state index contributed by atoms with van der Waals surface area (Å²) >= 11 is 0. The predicted octanol–water partition coefficient (Wildman–Crippen LogP) is 3.18. The monoisotopic (exact) mass is 323 g/mol. The molecule has 1 N–H and O–H groups in total. The third kappa shape index (κ3) is 6.04. The lowest BCUT2D eigenvalue weighted by molar-refractivity contribution is 0.305. The number of nitrogens with zero attached hydrogens (tertiary/aromatic N) is 2. The lowest BCUT2D eigenvalue weighted by Gasteiger charge is -2.14. The molecule has 0 radical (unpaired) electrons. The number of hydrogen-bond acceptors (Lipinski definition) is 4. The van der Waals surface area contributed by atoms with E-state index in [1.54, 1.807) is 6.07 Å². The average molecular weight is 323 g/mol. The number of nitrogens with one attached hydrogen (secondary N) is 1. The number of hydrogen-bond donors (Lipinski definition) is 1. The van der Waals surface area contributed by atoms with Gasteiger partial charge in [-0.2, -0.15) is 5.26 Å². The molecule has 0 unspecified atom stereocenters. The van der Waals surface area contributed by atoms with Gasteiger partial charge in [0.1, 0.15) is 12.4 Å². The van der Waals surface area contributed by atoms with E-state index >= 15 is 0 Å². The summed E-state index contributed by atoms with van der Waals surface area (Å²) in [5.74, 6) is 0.849. The van der Waals surface area contributed by atoms with Gasteiger partial charge in [-0.15, -0.1) is 0 Å². The van der Waals surface area contributed by atoms with Crippen LogP contribution in [0.5, 0.6) is 5.75 Å². The molecule has 4 heteroatoms. The van der Waals surface area contributed by atoms with Gasteiger partial charge in [-0.25, -0.2) is 0 Å². The molecule has 24 heavy (non-hydrogen) atoms. The zero-order valence-corrected chi connectivity index (χ0v) is 14.5. The Morgan fingerprint density at radius 3 is 2.71 bits per heavy atom. The fraction of sp³-hybridized carbons (Fsp3) is 0.350. The van der Waals surface area contributed by atoms with Gasteiger partial charge in [0.25, 0.3) is 0 Å². The van der Waals surface area contributed by atoms with E-state index in [4.69, 9.17) is 10.00 Å². The second-order valence-corrected chi connectivity index (χ2v) is 5.82. The van der Waals surface area contributed by atoms with E-state index in [0.717, 1.165) is 37.5 Å². The van der Waals surface area contributed by atoms with Crippen molar-refractivity contribution in [3.63, 3.8) is 0 Å². The van der Waals surface area contributed by atoms with Crippen molar-refractivity contribution in [3.05, 3.63) is 65.2 Å². The van der Waals surface area contributed by atoms with E-state index in [9.17, 15) is 0 Å². The van der Waals surface area contributed by atoms with Crippen LogP contribution >= 0.6 is 0 Å². The molecule has 0 bridgehead atoms. The zero-order chi connectivity index (χ0) is 17.2. The van der Waals surface area contributed by atoms with E-state index in [-0.39, 0.29) is 0 Å². The summed E-state index contributed by atoms with van der Waals surface area (Å²) in [7, 11) is 2.12. The first kappa shape index (κ1) is 18.0. The maximum absolute atomic E-state index is 8.94. The molecule has 2 aromatic carbocycles. The maximum atomic E-state index is 8.94. The Labute approximate surface area is 144 Å². The molecular weight excluding hydrogens is 298 g/mol. The van der Waals surface area contributed by atoms with E-state index in [0.29, 0.717) is 12.2 Å². The highest BCUT2D eigenvalue weighted by Crippen LogP contribution is 2.15. The van der Waals surface area contributed by atoms with Crippen molar-refractivity contribution in [1.29, 1.82) is 5.26 Å². The molecule has 0 aliphatic carbocycles. The predicted molar refractivity (Wildman–Crippen MR) is 96.8 cm³/mol. The van der Waals surface area contributed by atoms with Gasteiger partial charge in [-0.05, 0) is 49.0 Å². The summed E-state index contributed by atoms with van der Waals surface area (Å²) in [6, 6.07) is 17.8. The Hall–Kier alpha value is -2.35. The van der Waals surface area contributed by atoms with Gasteiger partial charge < -0.3 is 15.0 Å². The lowest BCUT2D eigenvalue weighted by Crippen LogP contribution is -2.28. The average Bonchev–Trinajstić information content (AvgIpc) is 2.64. The van der Waals surface area contributed by atoms with Crippen LogP contribution in [0.4, 0.5) is 0 Å². The Balaban J connectivity index is 1.82. The summed E-state index contributed by atoms with van der Waals surface area (Å²) in [6.45, 7) is 6.54. The van der Waals surface area contributed by atoms with Crippen LogP contribution in [-0.2, 0) is 13.2 Å². The van der Waals surface area contributed by atoms with Crippen LogP contribution in [-0.4, -0.2) is 31.6 Å². The van der Waals surface area contributed by atoms with Crippen molar-refractivity contribution in [3.8, 4) is 11.8 Å². The molecule has 2 aromatic rings. The smallest absolute Gasteiger partial charge is 0.120 e. The largest absolute Gasteiger partial charge is 0.489 e. The van der Waals surface area contributed by atoms with Crippen molar-refractivity contribution in [1.82, 2.24) is 10.2 Å². The standard InChI is InChI=1S/C20H25N3O/c1-3-23(2)11-10-22-15-18-7-5-9-20(13-18)24-16-19-8-4-6-17(12-19)14-21/h4-9,12-13,22H,3,10-11,15-16H2,1-2H3. The summed E-state index contributed by atoms with van der Waals surface area (Å²) in [5, 5.41) is 12.4. The molecule has 0 saturated heterocycles. The van der Waals surface area contributed by atoms with Crippen LogP contribution < -0.4 is 10.1 Å². The van der Waals surface area contributed by atoms with Gasteiger partial charge in [0.2, 0.25) is 0 Å². The molecule has 126 valence electrons. The first-order valence-electron chi connectivity index (χ1n) is 8.31. The van der Waals surface area contributed by atoms with Crippen molar-refractivity contribution in [2.24, 2.45) is 0 Å². The van der Waals surface area contributed by atoms with Gasteiger partial charge in [-0.3, -0.25) is 0 Å². The molecule has 0 aromatic heterocycles. The van der Waals surface area contributed by atoms with Crippen LogP contribution in [0.2, 0.25) is 0 Å². The number of likely N-dealkylation sites (N-methyl/N-ethyl adjacent to an activating group) is 1. The molecule has 0 spiro atoms. The van der Waals surface area contributed by atoms with Crippen molar-refractivity contribution < 1.29 is 4.74 Å². The molecule has 2 rings (SSSR count). The molecule has 0 fully saturated rings. The molecule has 0 heterocycles. The van der Waals surface area contributed by atoms with E-state index in [2.05, 4.69) is 42.4 Å². The topological polar surface area (TPSA) is 48.3 Å². The van der Waals surface area contributed by atoms with Gasteiger partial charge in [0.05, 0.1) is 11.6 Å². The van der Waals surface area contributed by atoms with Crippen molar-refractivity contribution in [2.75, 3.05) is 26.7 Å². The van der Waals surface area contributed by atoms with Crippen LogP contribution in [0, 0.1) is 11.3 Å². The molecule has 0 aliphatic heterocycles. The van der Waals surface area contributed by atoms with Crippen LogP contribution in [0.15, 0.2) is 48.5 Å². The van der Waals surface area contributed by atoms with Crippen LogP contribution in [0.25, 0.3) is 0 Å². The van der Waals surface area contributed by atoms with E-state index in [1.807, 2.05) is 30.3 Å². The van der Waals surface area contributed by atoms with Gasteiger partial charge >= 0.3 is 0 Å². The van der Waals surface area contributed by atoms with Crippen molar-refractivity contribution in [2.45, 2.75) is 20.1 Å². The van der Waals surface area contributed by atoms with E-state index < -0.39 is 0 Å². The summed E-state index contributed by atoms with van der Waals surface area (Å²) in [4.78, 5) is 2.28. The number of benzene rings is 2. The third-order valence-corrected chi connectivity index (χ3v) is 3.90. The SMILES string of the molecule is CCN(C)CCNCc1cccc(OCc2cccc(C#N)c2)c1. The second kappa shape index (κ2) is 9.71. The molecule has 4 nitrogen and oxygen atoms in total. The first-order chi connectivity index (χ1) is 11.7. The highest BCUT2D eigenvalue weighted by atomic mass is 16.5. The first-order valence-corrected chi connectivity index (χ1v) is 8.31. The number of rotatable bonds is 9. The Morgan fingerprint density at radius 1 is 1.12 bits per heavy atom. The number of ether oxygens (including phenoxy) is 1. The highest BCUT2D eigenvalue weighted by molar-refractivity contribution is 5.33. The Morgan fingerprint density at radius 2 is 1.92 bits per heavy atom. The molecule has 0 atom stereocenters. The summed E-state index contributed by atoms with van der Waals surface area (Å²) < 4.78 is 5.85. The highest BCUT2D eigenvalue weighted by Gasteiger charge is 2.00. The van der Waals surface area contributed by atoms with Gasteiger partial charge in [0.15, 0.2) is 0 Å². The number of nitriles is 1. The third-order valence-electron chi connectivity index (χ3n) is 3.90. The molecule has 0 amide bonds. The quantitative estimate of drug-likeness (QED) is 0.720. The van der Waals surface area contributed by atoms with Crippen LogP contribution in [0.1, 0.15) is 23.6 Å². The molecule has 0 aliphatic rings. The minimum atomic E-state index is 0.466. The Kier molecular flexibility index (Phi) is 7.28. The Bertz CT molecular complexity index is 679. The second-order valence-electron chi connectivity index (χ2n) is 5.82. The fourth-order valence-electron chi connectivity index (χ4n) is 2.30. The molecular formula is C20H25N3O. The normalized spacial score (nSPS) is 10.6. The lowest BCUT2D eigenvalue weighted by atomic mass is 10.1. The molecule has 0 saturated carbocycles. The fourth-order valence-corrected chi connectivity index (χ4v) is 2.30.